The number of nitrogen functional groups attached to an aromatic ring is 1. The minimum atomic E-state index is -0.217. The summed E-state index contributed by atoms with van der Waals surface area (Å²) in [4.78, 5) is 0. The predicted octanol–water partition coefficient (Wildman–Crippen LogP) is 2.86. The van der Waals surface area contributed by atoms with Gasteiger partial charge in [-0.1, -0.05) is 17.3 Å². The molecule has 1 aliphatic rings. The first kappa shape index (κ1) is 10.3. The van der Waals surface area contributed by atoms with E-state index in [4.69, 9.17) is 10.3 Å². The van der Waals surface area contributed by atoms with Crippen LogP contribution in [0.2, 0.25) is 0 Å². The van der Waals surface area contributed by atoms with Crippen molar-refractivity contribution in [2.24, 2.45) is 0 Å². The summed E-state index contributed by atoms with van der Waals surface area (Å²) in [5.74, 6) is 0.294. The summed E-state index contributed by atoms with van der Waals surface area (Å²) in [6.45, 7) is 0. The summed E-state index contributed by atoms with van der Waals surface area (Å²) in [6.07, 6.45) is 2.89. The molecule has 0 aliphatic heterocycles. The van der Waals surface area contributed by atoms with Gasteiger partial charge in [0.1, 0.15) is 5.82 Å². The summed E-state index contributed by atoms with van der Waals surface area (Å²) < 4.78 is 18.3. The van der Waals surface area contributed by atoms with Gasteiger partial charge in [-0.3, -0.25) is 0 Å². The van der Waals surface area contributed by atoms with E-state index in [0.29, 0.717) is 5.88 Å². The molecule has 0 spiro atoms. The minimum Gasteiger partial charge on any atom is -0.367 e. The molecule has 1 unspecified atom stereocenters. The largest absolute Gasteiger partial charge is 0.367 e. The average Bonchev–Trinajstić information content (AvgIpc) is 2.71. The van der Waals surface area contributed by atoms with Gasteiger partial charge in [0.25, 0.3) is 0 Å². The fourth-order valence-electron chi connectivity index (χ4n) is 2.53. The molecule has 1 heterocycles. The van der Waals surface area contributed by atoms with Gasteiger partial charge < -0.3 is 10.3 Å². The molecule has 2 N–H and O–H groups in total. The number of nitrogens with two attached hydrogens (primary N) is 1. The first-order valence-electron chi connectivity index (χ1n) is 5.75. The highest BCUT2D eigenvalue weighted by Gasteiger charge is 2.27. The maximum Gasteiger partial charge on any atom is 0.225 e. The molecular formula is C13H13FN2O. The normalized spacial score (nSPS) is 19.0. The second kappa shape index (κ2) is 3.87. The van der Waals surface area contributed by atoms with E-state index < -0.39 is 0 Å². The van der Waals surface area contributed by atoms with Crippen molar-refractivity contribution >= 4 is 5.88 Å². The first-order valence-corrected chi connectivity index (χ1v) is 5.75. The fourth-order valence-corrected chi connectivity index (χ4v) is 2.53. The Bertz CT molecular complexity index is 550. The lowest BCUT2D eigenvalue weighted by molar-refractivity contribution is 0.421. The van der Waals surface area contributed by atoms with Crippen LogP contribution in [-0.4, -0.2) is 5.16 Å². The molecule has 17 heavy (non-hydrogen) atoms. The first-order chi connectivity index (χ1) is 8.25. The van der Waals surface area contributed by atoms with Crippen LogP contribution in [0.3, 0.4) is 0 Å². The molecule has 0 saturated carbocycles. The number of hydrogen-bond donors (Lipinski definition) is 1. The van der Waals surface area contributed by atoms with Crippen LogP contribution in [0.4, 0.5) is 10.3 Å². The van der Waals surface area contributed by atoms with E-state index in [2.05, 4.69) is 5.16 Å². The molecule has 1 aromatic carbocycles. The Labute approximate surface area is 98.4 Å². The molecular weight excluding hydrogens is 219 g/mol. The molecule has 1 aliphatic carbocycles. The van der Waals surface area contributed by atoms with Crippen molar-refractivity contribution in [3.63, 3.8) is 0 Å². The highest BCUT2D eigenvalue weighted by Crippen LogP contribution is 2.38. The summed E-state index contributed by atoms with van der Waals surface area (Å²) in [5.41, 5.74) is 8.54. The molecule has 0 radical (unpaired) electrons. The summed E-state index contributed by atoms with van der Waals surface area (Å²) in [5, 5.41) is 4.02. The lowest BCUT2D eigenvalue weighted by Gasteiger charge is -2.20. The van der Waals surface area contributed by atoms with E-state index in [-0.39, 0.29) is 11.7 Å². The number of fused-ring (bicyclic) bond motifs is 1. The number of benzene rings is 1. The van der Waals surface area contributed by atoms with Crippen molar-refractivity contribution in [2.45, 2.75) is 25.2 Å². The van der Waals surface area contributed by atoms with E-state index in [0.717, 1.165) is 36.1 Å². The maximum atomic E-state index is 13.2. The zero-order valence-electron chi connectivity index (χ0n) is 9.32. The van der Waals surface area contributed by atoms with E-state index >= 15 is 0 Å². The topological polar surface area (TPSA) is 52.0 Å². The van der Waals surface area contributed by atoms with Gasteiger partial charge in [-0.15, -0.1) is 0 Å². The van der Waals surface area contributed by atoms with Gasteiger partial charge in [-0.05, 0) is 37.0 Å². The Morgan fingerprint density at radius 2 is 2.29 bits per heavy atom. The molecule has 1 aromatic heterocycles. The van der Waals surface area contributed by atoms with Crippen LogP contribution < -0.4 is 5.73 Å². The van der Waals surface area contributed by atoms with Gasteiger partial charge in [0.2, 0.25) is 5.88 Å². The maximum absolute atomic E-state index is 13.2. The van der Waals surface area contributed by atoms with Crippen LogP contribution in [0.1, 0.15) is 35.6 Å². The van der Waals surface area contributed by atoms with Crippen LogP contribution in [0.15, 0.2) is 28.8 Å². The van der Waals surface area contributed by atoms with E-state index in [9.17, 15) is 4.39 Å². The van der Waals surface area contributed by atoms with Crippen LogP contribution in [-0.2, 0) is 6.42 Å². The van der Waals surface area contributed by atoms with Crippen molar-refractivity contribution in [1.82, 2.24) is 5.16 Å². The van der Waals surface area contributed by atoms with Gasteiger partial charge in [-0.2, -0.15) is 0 Å². The highest BCUT2D eigenvalue weighted by atomic mass is 19.1. The fraction of sp³-hybridized carbons (Fsp3) is 0.308. The highest BCUT2D eigenvalue weighted by molar-refractivity contribution is 5.45. The monoisotopic (exact) mass is 232 g/mol. The number of rotatable bonds is 1. The SMILES string of the molecule is Nc1onc2c1CCCC2c1cccc(F)c1. The molecule has 0 amide bonds. The van der Waals surface area contributed by atoms with Crippen LogP contribution >= 0.6 is 0 Å². The van der Waals surface area contributed by atoms with Gasteiger partial charge in [0, 0.05) is 11.5 Å². The Kier molecular flexibility index (Phi) is 2.35. The standard InChI is InChI=1S/C13H13FN2O/c14-9-4-1-3-8(7-9)10-5-2-6-11-12(10)16-17-13(11)15/h1,3-4,7,10H,2,5-6,15H2. The summed E-state index contributed by atoms with van der Waals surface area (Å²) >= 11 is 0. The van der Waals surface area contributed by atoms with Crippen LogP contribution in [0.5, 0.6) is 0 Å². The Balaban J connectivity index is 2.06. The van der Waals surface area contributed by atoms with Gasteiger partial charge >= 0.3 is 0 Å². The molecule has 3 nitrogen and oxygen atoms in total. The summed E-state index contributed by atoms with van der Waals surface area (Å²) in [6, 6.07) is 6.66. The second-order valence-electron chi connectivity index (χ2n) is 4.41. The molecule has 2 aromatic rings. The zero-order valence-corrected chi connectivity index (χ0v) is 9.32. The van der Waals surface area contributed by atoms with Crippen molar-refractivity contribution < 1.29 is 8.91 Å². The smallest absolute Gasteiger partial charge is 0.225 e. The number of nitrogens with zero attached hydrogens (tertiary/aromatic N) is 1. The number of halogens is 1. The quantitative estimate of drug-likeness (QED) is 0.822. The zero-order chi connectivity index (χ0) is 11.8. The average molecular weight is 232 g/mol. The molecule has 3 rings (SSSR count). The third kappa shape index (κ3) is 1.69. The molecule has 88 valence electrons. The molecule has 4 heteroatoms. The van der Waals surface area contributed by atoms with Crippen molar-refractivity contribution in [3.8, 4) is 0 Å². The molecule has 0 saturated heterocycles. The molecule has 0 fully saturated rings. The third-order valence-corrected chi connectivity index (χ3v) is 3.35. The number of anilines is 1. The number of hydrogen-bond acceptors (Lipinski definition) is 3. The molecule has 1 atom stereocenters. The second-order valence-corrected chi connectivity index (χ2v) is 4.41. The Hall–Kier alpha value is -1.84. The van der Waals surface area contributed by atoms with Crippen molar-refractivity contribution in [2.75, 3.05) is 5.73 Å². The van der Waals surface area contributed by atoms with Crippen molar-refractivity contribution in [1.29, 1.82) is 0 Å². The number of aromatic nitrogens is 1. The minimum absolute atomic E-state index is 0.107. The van der Waals surface area contributed by atoms with Gasteiger partial charge in [-0.25, -0.2) is 4.39 Å². The van der Waals surface area contributed by atoms with E-state index in [1.54, 1.807) is 12.1 Å². The van der Waals surface area contributed by atoms with Gasteiger partial charge in [0.15, 0.2) is 0 Å². The van der Waals surface area contributed by atoms with Gasteiger partial charge in [0.05, 0.1) is 5.69 Å². The van der Waals surface area contributed by atoms with Crippen molar-refractivity contribution in [3.05, 3.63) is 46.9 Å². The predicted molar refractivity (Wildman–Crippen MR) is 62.1 cm³/mol. The lowest BCUT2D eigenvalue weighted by Crippen LogP contribution is -2.11. The van der Waals surface area contributed by atoms with Crippen LogP contribution in [0, 0.1) is 5.82 Å². The van der Waals surface area contributed by atoms with E-state index in [1.165, 1.54) is 6.07 Å². The Morgan fingerprint density at radius 3 is 3.12 bits per heavy atom. The molecule has 0 bridgehead atoms. The Morgan fingerprint density at radius 1 is 1.41 bits per heavy atom. The van der Waals surface area contributed by atoms with E-state index in [1.807, 2.05) is 6.07 Å². The summed E-state index contributed by atoms with van der Waals surface area (Å²) in [7, 11) is 0. The lowest BCUT2D eigenvalue weighted by atomic mass is 9.83. The third-order valence-electron chi connectivity index (χ3n) is 3.35. The van der Waals surface area contributed by atoms with Crippen LogP contribution in [0.25, 0.3) is 0 Å².